The molecule has 2 amide bonds. The molecular weight excluding hydrogens is 416 g/mol. The van der Waals surface area contributed by atoms with Crippen LogP contribution in [0.15, 0.2) is 60.5 Å². The zero-order chi connectivity index (χ0) is 24.1. The van der Waals surface area contributed by atoms with Crippen LogP contribution >= 0.6 is 0 Å². The third-order valence-corrected chi connectivity index (χ3v) is 5.83. The van der Waals surface area contributed by atoms with Gasteiger partial charge < -0.3 is 15.4 Å². The Balaban J connectivity index is 1.86. The van der Waals surface area contributed by atoms with Gasteiger partial charge in [-0.25, -0.2) is 0 Å². The van der Waals surface area contributed by atoms with E-state index in [-0.39, 0.29) is 31.5 Å². The lowest BCUT2D eigenvalue weighted by Gasteiger charge is -2.16. The van der Waals surface area contributed by atoms with Crippen LogP contribution in [0.1, 0.15) is 45.0 Å². The molecule has 33 heavy (non-hydrogen) atoms. The first kappa shape index (κ1) is 24.0. The summed E-state index contributed by atoms with van der Waals surface area (Å²) in [5.74, 6) is 0.905. The van der Waals surface area contributed by atoms with Crippen LogP contribution in [-0.2, 0) is 27.4 Å². The summed E-state index contributed by atoms with van der Waals surface area (Å²) in [6, 6.07) is 6.12. The zero-order valence-electron chi connectivity index (χ0n) is 19.8. The molecule has 1 aromatic heterocycles. The van der Waals surface area contributed by atoms with Gasteiger partial charge in [-0.2, -0.15) is 5.10 Å². The van der Waals surface area contributed by atoms with Gasteiger partial charge in [0, 0.05) is 23.0 Å². The molecule has 7 heteroatoms. The summed E-state index contributed by atoms with van der Waals surface area (Å²) in [6.07, 6.45) is 4.66. The second kappa shape index (κ2) is 10.3. The van der Waals surface area contributed by atoms with E-state index in [9.17, 15) is 9.59 Å². The van der Waals surface area contributed by atoms with Crippen LogP contribution in [-0.4, -0.2) is 28.6 Å². The van der Waals surface area contributed by atoms with Gasteiger partial charge in [0.25, 0.3) is 0 Å². The molecule has 3 rings (SSSR count). The number of benzene rings is 1. The van der Waals surface area contributed by atoms with E-state index in [4.69, 9.17) is 9.84 Å². The predicted molar refractivity (Wildman–Crippen MR) is 130 cm³/mol. The Kier molecular flexibility index (Phi) is 7.53. The molecule has 2 N–H and O–H groups in total. The summed E-state index contributed by atoms with van der Waals surface area (Å²) in [6.45, 7) is 16.6. The van der Waals surface area contributed by atoms with E-state index in [1.165, 1.54) is 0 Å². The lowest BCUT2D eigenvalue weighted by Crippen LogP contribution is -2.16. The van der Waals surface area contributed by atoms with Crippen molar-refractivity contribution in [3.05, 3.63) is 71.8 Å². The van der Waals surface area contributed by atoms with Crippen LogP contribution < -0.4 is 10.6 Å². The maximum absolute atomic E-state index is 12.5. The molecule has 0 spiro atoms. The van der Waals surface area contributed by atoms with Crippen molar-refractivity contribution in [2.24, 2.45) is 5.92 Å². The van der Waals surface area contributed by atoms with E-state index in [0.29, 0.717) is 18.1 Å². The van der Waals surface area contributed by atoms with Crippen LogP contribution in [0.25, 0.3) is 11.1 Å². The number of hydrogen-bond donors (Lipinski definition) is 2. The molecule has 1 aliphatic heterocycles. The highest BCUT2D eigenvalue weighted by atomic mass is 16.5. The van der Waals surface area contributed by atoms with E-state index in [1.54, 1.807) is 6.08 Å². The number of carbonyl (C=O) groups excluding carboxylic acids is 2. The van der Waals surface area contributed by atoms with Crippen molar-refractivity contribution in [2.45, 2.75) is 46.8 Å². The molecular formula is C26H32N4O3. The lowest BCUT2D eigenvalue weighted by molar-refractivity contribution is -0.115. The second-order valence-electron chi connectivity index (χ2n) is 8.76. The molecule has 0 aliphatic carbocycles. The standard InChI is InChI=1S/C26H32N4O3/c1-16(2)18(5)9-21(12-27-15-31)33-14-20-7-8-22-23-13-30(19(6)17(3)4)29-25(23)11-26(32)28-24(22)10-20/h7-10,13,15,17,19H,1,5,11-12,14H2,2-4,6H3,(H,27,31)(H,28,32)/b21-9-. The Morgan fingerprint density at radius 1 is 1.30 bits per heavy atom. The first-order valence-electron chi connectivity index (χ1n) is 11.1. The summed E-state index contributed by atoms with van der Waals surface area (Å²) in [7, 11) is 0. The monoisotopic (exact) mass is 448 g/mol. The average Bonchev–Trinajstić information content (AvgIpc) is 3.12. The SMILES string of the molecule is C=C(C)C(=C)/C=C(/CNC=O)OCc1ccc2c(c1)NC(=O)Cc1nn(C(C)C(C)C)cc1-2. The summed E-state index contributed by atoms with van der Waals surface area (Å²) in [5, 5.41) is 10.3. The number of allylic oxidation sites excluding steroid dienone is 3. The zero-order valence-corrected chi connectivity index (χ0v) is 19.8. The highest BCUT2D eigenvalue weighted by Crippen LogP contribution is 2.35. The summed E-state index contributed by atoms with van der Waals surface area (Å²) in [4.78, 5) is 23.3. The molecule has 1 aromatic carbocycles. The highest BCUT2D eigenvalue weighted by Gasteiger charge is 2.24. The Bertz CT molecular complexity index is 1110. The smallest absolute Gasteiger partial charge is 0.230 e. The fourth-order valence-corrected chi connectivity index (χ4v) is 3.44. The summed E-state index contributed by atoms with van der Waals surface area (Å²) >= 11 is 0. The van der Waals surface area contributed by atoms with E-state index < -0.39 is 0 Å². The van der Waals surface area contributed by atoms with Crippen molar-refractivity contribution in [3.63, 3.8) is 0 Å². The van der Waals surface area contributed by atoms with Gasteiger partial charge in [0.2, 0.25) is 12.3 Å². The second-order valence-corrected chi connectivity index (χ2v) is 8.76. The number of ether oxygens (including phenoxy) is 1. The third-order valence-electron chi connectivity index (χ3n) is 5.83. The molecule has 1 atom stereocenters. The van der Waals surface area contributed by atoms with Crippen molar-refractivity contribution in [3.8, 4) is 11.1 Å². The number of nitrogens with one attached hydrogen (secondary N) is 2. The quantitative estimate of drug-likeness (QED) is 0.317. The highest BCUT2D eigenvalue weighted by molar-refractivity contribution is 6.00. The molecule has 2 aromatic rings. The molecule has 174 valence electrons. The van der Waals surface area contributed by atoms with Crippen LogP contribution in [0.5, 0.6) is 0 Å². The van der Waals surface area contributed by atoms with Crippen molar-refractivity contribution in [2.75, 3.05) is 11.9 Å². The van der Waals surface area contributed by atoms with E-state index >= 15 is 0 Å². The van der Waals surface area contributed by atoms with Crippen molar-refractivity contribution >= 4 is 18.0 Å². The van der Waals surface area contributed by atoms with Gasteiger partial charge in [0.15, 0.2) is 0 Å². The molecule has 0 fully saturated rings. The molecule has 1 aliphatic rings. The van der Waals surface area contributed by atoms with Crippen molar-refractivity contribution in [1.82, 2.24) is 15.1 Å². The normalized spacial score (nSPS) is 14.0. The van der Waals surface area contributed by atoms with Gasteiger partial charge in [-0.1, -0.05) is 44.7 Å². The van der Waals surface area contributed by atoms with Gasteiger partial charge >= 0.3 is 0 Å². The Morgan fingerprint density at radius 3 is 2.73 bits per heavy atom. The Labute approximate surface area is 195 Å². The maximum atomic E-state index is 12.5. The van der Waals surface area contributed by atoms with Crippen LogP contribution in [0, 0.1) is 5.92 Å². The number of hydrogen-bond acceptors (Lipinski definition) is 4. The topological polar surface area (TPSA) is 85.2 Å². The van der Waals surface area contributed by atoms with Crippen molar-refractivity contribution < 1.29 is 14.3 Å². The predicted octanol–water partition coefficient (Wildman–Crippen LogP) is 4.54. The number of nitrogens with zero attached hydrogens (tertiary/aromatic N) is 2. The van der Waals surface area contributed by atoms with Gasteiger partial charge in [0.1, 0.15) is 12.4 Å². The molecule has 0 saturated carbocycles. The fraction of sp³-hybridized carbons (Fsp3) is 0.346. The van der Waals surface area contributed by atoms with Crippen LogP contribution in [0.2, 0.25) is 0 Å². The first-order valence-corrected chi connectivity index (χ1v) is 11.1. The number of anilines is 1. The minimum absolute atomic E-state index is 0.0935. The molecule has 2 heterocycles. The fourth-order valence-electron chi connectivity index (χ4n) is 3.44. The van der Waals surface area contributed by atoms with Gasteiger partial charge in [-0.15, -0.1) is 0 Å². The van der Waals surface area contributed by atoms with Gasteiger partial charge in [-0.05, 0) is 43.0 Å². The van der Waals surface area contributed by atoms with E-state index in [2.05, 4.69) is 44.6 Å². The van der Waals surface area contributed by atoms with Crippen LogP contribution in [0.3, 0.4) is 0 Å². The Morgan fingerprint density at radius 2 is 2.06 bits per heavy atom. The molecule has 0 radical (unpaired) electrons. The van der Waals surface area contributed by atoms with E-state index in [0.717, 1.165) is 39.2 Å². The number of aromatic nitrogens is 2. The van der Waals surface area contributed by atoms with E-state index in [1.807, 2.05) is 36.0 Å². The molecule has 0 saturated heterocycles. The molecule has 7 nitrogen and oxygen atoms in total. The van der Waals surface area contributed by atoms with Crippen LogP contribution in [0.4, 0.5) is 5.69 Å². The minimum atomic E-state index is -0.0935. The molecule has 1 unspecified atom stereocenters. The first-order chi connectivity index (χ1) is 15.7. The maximum Gasteiger partial charge on any atom is 0.230 e. The third kappa shape index (κ3) is 5.80. The van der Waals surface area contributed by atoms with Gasteiger partial charge in [-0.3, -0.25) is 14.3 Å². The Hall–Kier alpha value is -3.61. The number of fused-ring (bicyclic) bond motifs is 3. The largest absolute Gasteiger partial charge is 0.491 e. The minimum Gasteiger partial charge on any atom is -0.491 e. The molecule has 0 bridgehead atoms. The lowest BCUT2D eigenvalue weighted by atomic mass is 10.0. The average molecular weight is 449 g/mol. The number of amides is 2. The summed E-state index contributed by atoms with van der Waals surface area (Å²) in [5.41, 5.74) is 5.86. The van der Waals surface area contributed by atoms with Gasteiger partial charge in [0.05, 0.1) is 24.7 Å². The van der Waals surface area contributed by atoms with Crippen molar-refractivity contribution in [1.29, 1.82) is 0 Å². The number of rotatable bonds is 10. The summed E-state index contributed by atoms with van der Waals surface area (Å²) < 4.78 is 7.90. The number of carbonyl (C=O) groups is 2.